The van der Waals surface area contributed by atoms with E-state index in [0.717, 1.165) is 25.2 Å². The Morgan fingerprint density at radius 3 is 2.94 bits per heavy atom. The quantitative estimate of drug-likeness (QED) is 0.836. The molecule has 0 bridgehead atoms. The number of nitrogens with two attached hydrogens (primary N) is 1. The monoisotopic (exact) mass is 254 g/mol. The van der Waals surface area contributed by atoms with Gasteiger partial charge in [0.1, 0.15) is 0 Å². The second-order valence-electron chi connectivity index (χ2n) is 4.42. The fourth-order valence-electron chi connectivity index (χ4n) is 1.74. The molecule has 0 saturated carbocycles. The largest absolute Gasteiger partial charge is 0.400 e. The van der Waals surface area contributed by atoms with Crippen LogP contribution in [-0.4, -0.2) is 36.3 Å². The molecule has 1 aliphatic heterocycles. The van der Waals surface area contributed by atoms with Gasteiger partial charge in [0.2, 0.25) is 0 Å². The maximum Gasteiger partial charge on any atom is 0.0827 e. The van der Waals surface area contributed by atoms with Gasteiger partial charge in [-0.1, -0.05) is 11.6 Å². The molecule has 2 N–H and O–H groups in total. The lowest BCUT2D eigenvalue weighted by Crippen LogP contribution is -2.35. The van der Waals surface area contributed by atoms with Crippen LogP contribution in [0.15, 0.2) is 15.7 Å². The fourth-order valence-corrected chi connectivity index (χ4v) is 1.92. The van der Waals surface area contributed by atoms with E-state index in [-0.39, 0.29) is 6.42 Å². The van der Waals surface area contributed by atoms with Crippen LogP contribution < -0.4 is 5.73 Å². The topological polar surface area (TPSA) is 65.4 Å². The van der Waals surface area contributed by atoms with E-state index in [1.807, 2.05) is 6.07 Å². The molecule has 0 saturated heterocycles. The van der Waals surface area contributed by atoms with Gasteiger partial charge in [-0.2, -0.15) is 5.26 Å². The van der Waals surface area contributed by atoms with Crippen molar-refractivity contribution in [2.45, 2.75) is 32.7 Å². The van der Waals surface area contributed by atoms with Gasteiger partial charge in [0, 0.05) is 31.4 Å². The van der Waals surface area contributed by atoms with Gasteiger partial charge in [0.25, 0.3) is 0 Å². The Kier molecular flexibility index (Phi) is 5.46. The van der Waals surface area contributed by atoms with Crippen molar-refractivity contribution in [1.82, 2.24) is 4.90 Å². The molecule has 1 rings (SSSR count). The van der Waals surface area contributed by atoms with Crippen LogP contribution in [0, 0.1) is 11.3 Å². The standard InChI is InChI=1S/C12H19ClN4/c1-9(2)17-7-3-6-16-11(8-17)12(13)10(15)4-5-14/h9H,3-4,6-8,15H2,1-2H3. The minimum absolute atomic E-state index is 0.152. The number of rotatable bonds is 3. The van der Waals surface area contributed by atoms with Gasteiger partial charge in [-0.25, -0.2) is 0 Å². The summed E-state index contributed by atoms with van der Waals surface area (Å²) in [7, 11) is 0. The molecular formula is C12H19ClN4. The molecule has 0 fully saturated rings. The molecule has 0 atom stereocenters. The summed E-state index contributed by atoms with van der Waals surface area (Å²) in [5, 5.41) is 9.06. The summed E-state index contributed by atoms with van der Waals surface area (Å²) in [6.07, 6.45) is 1.18. The van der Waals surface area contributed by atoms with Crippen molar-refractivity contribution in [3.8, 4) is 6.07 Å². The van der Waals surface area contributed by atoms with E-state index < -0.39 is 0 Å². The lowest BCUT2D eigenvalue weighted by atomic mass is 10.2. The van der Waals surface area contributed by atoms with E-state index in [1.54, 1.807) is 0 Å². The van der Waals surface area contributed by atoms with E-state index in [0.29, 0.717) is 23.3 Å². The molecule has 0 aliphatic carbocycles. The van der Waals surface area contributed by atoms with Gasteiger partial charge in [0.05, 0.1) is 23.2 Å². The molecule has 1 heterocycles. The van der Waals surface area contributed by atoms with Gasteiger partial charge in [-0.15, -0.1) is 0 Å². The summed E-state index contributed by atoms with van der Waals surface area (Å²) in [6, 6.07) is 2.46. The highest BCUT2D eigenvalue weighted by Gasteiger charge is 2.18. The van der Waals surface area contributed by atoms with Gasteiger partial charge in [0.15, 0.2) is 0 Å². The molecular weight excluding hydrogens is 236 g/mol. The van der Waals surface area contributed by atoms with Crippen molar-refractivity contribution in [3.05, 3.63) is 10.7 Å². The first-order valence-electron chi connectivity index (χ1n) is 5.85. The van der Waals surface area contributed by atoms with Gasteiger partial charge in [-0.3, -0.25) is 9.89 Å². The van der Waals surface area contributed by atoms with Crippen LogP contribution in [0.4, 0.5) is 0 Å². The van der Waals surface area contributed by atoms with Gasteiger partial charge in [-0.05, 0) is 20.3 Å². The number of hydrogen-bond acceptors (Lipinski definition) is 4. The van der Waals surface area contributed by atoms with Crippen LogP contribution in [0.2, 0.25) is 0 Å². The van der Waals surface area contributed by atoms with Crippen molar-refractivity contribution in [2.24, 2.45) is 10.7 Å². The van der Waals surface area contributed by atoms with E-state index in [2.05, 4.69) is 23.7 Å². The maximum absolute atomic E-state index is 8.61. The van der Waals surface area contributed by atoms with E-state index in [9.17, 15) is 0 Å². The minimum Gasteiger partial charge on any atom is -0.400 e. The highest BCUT2D eigenvalue weighted by Crippen LogP contribution is 2.15. The summed E-state index contributed by atoms with van der Waals surface area (Å²) < 4.78 is 0. The van der Waals surface area contributed by atoms with Crippen molar-refractivity contribution in [2.75, 3.05) is 19.6 Å². The van der Waals surface area contributed by atoms with E-state index in [1.165, 1.54) is 0 Å². The molecule has 0 radical (unpaired) electrons. The first-order valence-corrected chi connectivity index (χ1v) is 6.23. The van der Waals surface area contributed by atoms with Crippen LogP contribution in [0.1, 0.15) is 26.7 Å². The molecule has 0 spiro atoms. The Morgan fingerprint density at radius 1 is 1.65 bits per heavy atom. The van der Waals surface area contributed by atoms with Crippen molar-refractivity contribution < 1.29 is 0 Å². The molecule has 0 unspecified atom stereocenters. The minimum atomic E-state index is 0.152. The second kappa shape index (κ2) is 6.63. The zero-order chi connectivity index (χ0) is 12.8. The molecule has 4 nitrogen and oxygen atoms in total. The fraction of sp³-hybridized carbons (Fsp3) is 0.667. The van der Waals surface area contributed by atoms with Crippen molar-refractivity contribution in [1.29, 1.82) is 5.26 Å². The summed E-state index contributed by atoms with van der Waals surface area (Å²) in [5.74, 6) is 0. The van der Waals surface area contributed by atoms with E-state index in [4.69, 9.17) is 22.6 Å². The van der Waals surface area contributed by atoms with Gasteiger partial charge >= 0.3 is 0 Å². The summed E-state index contributed by atoms with van der Waals surface area (Å²) >= 11 is 6.18. The molecule has 94 valence electrons. The average molecular weight is 255 g/mol. The number of nitrogens with zero attached hydrogens (tertiary/aromatic N) is 3. The SMILES string of the molecule is CC(C)N1CCCN=C(C(Cl)=C(N)CC#N)C1. The molecule has 5 heteroatoms. The first-order chi connectivity index (χ1) is 8.06. The van der Waals surface area contributed by atoms with Crippen molar-refractivity contribution >= 4 is 17.3 Å². The number of nitriles is 1. The lowest BCUT2D eigenvalue weighted by Gasteiger charge is -2.24. The molecule has 17 heavy (non-hydrogen) atoms. The smallest absolute Gasteiger partial charge is 0.0827 e. The Balaban J connectivity index is 2.85. The third kappa shape index (κ3) is 4.03. The zero-order valence-corrected chi connectivity index (χ0v) is 11.2. The van der Waals surface area contributed by atoms with Gasteiger partial charge < -0.3 is 5.73 Å². The third-order valence-electron chi connectivity index (χ3n) is 2.79. The highest BCUT2D eigenvalue weighted by atomic mass is 35.5. The third-order valence-corrected chi connectivity index (χ3v) is 3.25. The number of aliphatic imine (C=N–C) groups is 1. The lowest BCUT2D eigenvalue weighted by molar-refractivity contribution is 0.257. The molecule has 0 aromatic heterocycles. The Bertz CT molecular complexity index is 365. The molecule has 0 aromatic carbocycles. The predicted octanol–water partition coefficient (Wildman–Crippen LogP) is 1.86. The van der Waals surface area contributed by atoms with Crippen LogP contribution >= 0.6 is 11.6 Å². The Labute approximate surface area is 108 Å². The summed E-state index contributed by atoms with van der Waals surface area (Å²) in [5.41, 5.74) is 6.98. The molecule has 0 aromatic rings. The van der Waals surface area contributed by atoms with Crippen LogP contribution in [0.3, 0.4) is 0 Å². The maximum atomic E-state index is 8.61. The number of hydrogen-bond donors (Lipinski definition) is 1. The summed E-state index contributed by atoms with van der Waals surface area (Å²) in [6.45, 7) is 6.81. The zero-order valence-electron chi connectivity index (χ0n) is 10.4. The summed E-state index contributed by atoms with van der Waals surface area (Å²) in [4.78, 5) is 6.77. The molecule has 0 amide bonds. The normalized spacial score (nSPS) is 19.4. The van der Waals surface area contributed by atoms with Crippen molar-refractivity contribution in [3.63, 3.8) is 0 Å². The second-order valence-corrected chi connectivity index (χ2v) is 4.80. The predicted molar refractivity (Wildman–Crippen MR) is 70.9 cm³/mol. The van der Waals surface area contributed by atoms with Crippen LogP contribution in [0.25, 0.3) is 0 Å². The van der Waals surface area contributed by atoms with Crippen LogP contribution in [-0.2, 0) is 0 Å². The highest BCUT2D eigenvalue weighted by molar-refractivity contribution is 6.44. The average Bonchev–Trinajstić information content (AvgIpc) is 2.53. The number of halogens is 1. The van der Waals surface area contributed by atoms with E-state index >= 15 is 0 Å². The Morgan fingerprint density at radius 2 is 2.35 bits per heavy atom. The first kappa shape index (κ1) is 14.0. The molecule has 1 aliphatic rings. The number of allylic oxidation sites excluding steroid dienone is 1. The Hall–Kier alpha value is -1.05. The van der Waals surface area contributed by atoms with Crippen LogP contribution in [0.5, 0.6) is 0 Å².